The van der Waals surface area contributed by atoms with E-state index < -0.39 is 5.41 Å². The average molecular weight is 530 g/mol. The number of guanidine groups is 1. The Labute approximate surface area is 194 Å². The van der Waals surface area contributed by atoms with Crippen LogP contribution in [0, 0.1) is 5.82 Å². The van der Waals surface area contributed by atoms with Crippen molar-refractivity contribution in [2.24, 2.45) is 4.99 Å². The molecule has 166 valence electrons. The monoisotopic (exact) mass is 530 g/mol. The predicted molar refractivity (Wildman–Crippen MR) is 127 cm³/mol. The fourth-order valence-corrected chi connectivity index (χ4v) is 3.55. The topological polar surface area (TPSA) is 76.4 Å². The number of halogens is 2. The van der Waals surface area contributed by atoms with Gasteiger partial charge in [0.15, 0.2) is 11.8 Å². The Bertz CT molecular complexity index is 854. The van der Waals surface area contributed by atoms with Crippen molar-refractivity contribution < 1.29 is 9.13 Å². The first-order valence-corrected chi connectivity index (χ1v) is 10.1. The van der Waals surface area contributed by atoms with Crippen LogP contribution in [0.5, 0.6) is 0 Å². The molecule has 2 aromatic rings. The summed E-state index contributed by atoms with van der Waals surface area (Å²) in [6.07, 6.45) is 1.81. The Morgan fingerprint density at radius 3 is 2.83 bits per heavy atom. The van der Waals surface area contributed by atoms with Crippen LogP contribution in [0.4, 0.5) is 4.39 Å². The van der Waals surface area contributed by atoms with E-state index in [1.165, 1.54) is 6.07 Å². The summed E-state index contributed by atoms with van der Waals surface area (Å²) in [6.45, 7) is 8.44. The molecular weight excluding hydrogens is 498 g/mol. The van der Waals surface area contributed by atoms with Crippen molar-refractivity contribution in [3.05, 3.63) is 47.3 Å². The number of rotatable bonds is 7. The summed E-state index contributed by atoms with van der Waals surface area (Å²) in [5.41, 5.74) is 0.268. The number of fused-ring (bicyclic) bond motifs is 1. The van der Waals surface area contributed by atoms with Crippen molar-refractivity contribution in [1.29, 1.82) is 0 Å². The molecular formula is C21H32FIN6O. The van der Waals surface area contributed by atoms with Crippen molar-refractivity contribution >= 4 is 29.9 Å². The molecule has 1 atom stereocenters. The maximum absolute atomic E-state index is 14.2. The predicted octanol–water partition coefficient (Wildman–Crippen LogP) is 3.03. The molecule has 0 saturated heterocycles. The second kappa shape index (κ2) is 11.0. The molecule has 0 aliphatic carbocycles. The maximum Gasteiger partial charge on any atom is 0.191 e. The SMILES string of the molecule is CCNC(=NCC(C)(C)c1ccccc1F)NC1CCc2nc(COC)nn2C1.I. The summed E-state index contributed by atoms with van der Waals surface area (Å²) < 4.78 is 21.3. The summed E-state index contributed by atoms with van der Waals surface area (Å²) in [6, 6.07) is 7.11. The molecule has 0 amide bonds. The first-order chi connectivity index (χ1) is 13.9. The number of benzene rings is 1. The number of methoxy groups -OCH3 is 1. The number of ether oxygens (including phenoxy) is 1. The maximum atomic E-state index is 14.2. The minimum Gasteiger partial charge on any atom is -0.377 e. The fraction of sp³-hybridized carbons (Fsp3) is 0.571. The minimum atomic E-state index is -0.408. The number of aromatic nitrogens is 3. The van der Waals surface area contributed by atoms with E-state index in [1.54, 1.807) is 13.2 Å². The van der Waals surface area contributed by atoms with E-state index in [-0.39, 0.29) is 35.8 Å². The zero-order valence-corrected chi connectivity index (χ0v) is 20.4. The van der Waals surface area contributed by atoms with Gasteiger partial charge >= 0.3 is 0 Å². The van der Waals surface area contributed by atoms with Gasteiger partial charge in [-0.1, -0.05) is 32.0 Å². The summed E-state index contributed by atoms with van der Waals surface area (Å²) in [4.78, 5) is 9.27. The van der Waals surface area contributed by atoms with Gasteiger partial charge in [-0.25, -0.2) is 14.1 Å². The van der Waals surface area contributed by atoms with Crippen molar-refractivity contribution in [2.45, 2.75) is 58.2 Å². The second-order valence-corrected chi connectivity index (χ2v) is 8.00. The first-order valence-electron chi connectivity index (χ1n) is 10.1. The van der Waals surface area contributed by atoms with Crippen LogP contribution in [0.2, 0.25) is 0 Å². The number of nitrogens with one attached hydrogen (secondary N) is 2. The molecule has 2 N–H and O–H groups in total. The zero-order chi connectivity index (χ0) is 20.9. The van der Waals surface area contributed by atoms with Crippen LogP contribution in [0.1, 0.15) is 44.4 Å². The normalized spacial score (nSPS) is 16.6. The second-order valence-electron chi connectivity index (χ2n) is 8.00. The Hall–Kier alpha value is -1.75. The lowest BCUT2D eigenvalue weighted by molar-refractivity contribution is 0.177. The average Bonchev–Trinajstić information content (AvgIpc) is 3.08. The van der Waals surface area contributed by atoms with Crippen molar-refractivity contribution in [3.63, 3.8) is 0 Å². The Morgan fingerprint density at radius 1 is 1.37 bits per heavy atom. The lowest BCUT2D eigenvalue weighted by Gasteiger charge is -2.27. The highest BCUT2D eigenvalue weighted by Crippen LogP contribution is 2.26. The van der Waals surface area contributed by atoms with Gasteiger partial charge in [0.25, 0.3) is 0 Å². The molecule has 3 rings (SSSR count). The largest absolute Gasteiger partial charge is 0.377 e. The van der Waals surface area contributed by atoms with Crippen LogP contribution in [0.25, 0.3) is 0 Å². The van der Waals surface area contributed by atoms with Crippen LogP contribution >= 0.6 is 24.0 Å². The molecule has 1 aliphatic rings. The molecule has 0 radical (unpaired) electrons. The summed E-state index contributed by atoms with van der Waals surface area (Å²) >= 11 is 0. The molecule has 0 bridgehead atoms. The highest BCUT2D eigenvalue weighted by Gasteiger charge is 2.25. The van der Waals surface area contributed by atoms with Crippen LogP contribution < -0.4 is 10.6 Å². The fourth-order valence-electron chi connectivity index (χ4n) is 3.55. The number of aliphatic imine (C=N–C) groups is 1. The van der Waals surface area contributed by atoms with Crippen LogP contribution in [0.15, 0.2) is 29.3 Å². The third kappa shape index (κ3) is 6.13. The Balaban J connectivity index is 0.00000320. The van der Waals surface area contributed by atoms with Gasteiger partial charge in [-0.05, 0) is 25.0 Å². The van der Waals surface area contributed by atoms with Crippen LogP contribution in [-0.2, 0) is 29.7 Å². The Kier molecular flexibility index (Phi) is 9.02. The van der Waals surface area contributed by atoms with Gasteiger partial charge in [0, 0.05) is 31.5 Å². The van der Waals surface area contributed by atoms with Gasteiger partial charge < -0.3 is 15.4 Å². The molecule has 0 spiro atoms. The van der Waals surface area contributed by atoms with E-state index in [9.17, 15) is 4.39 Å². The van der Waals surface area contributed by atoms with Gasteiger partial charge in [0.1, 0.15) is 18.2 Å². The van der Waals surface area contributed by atoms with Gasteiger partial charge in [-0.15, -0.1) is 24.0 Å². The van der Waals surface area contributed by atoms with Crippen molar-refractivity contribution in [2.75, 3.05) is 20.2 Å². The molecule has 9 heteroatoms. The third-order valence-corrected chi connectivity index (χ3v) is 5.10. The van der Waals surface area contributed by atoms with E-state index in [2.05, 4.69) is 20.7 Å². The quantitative estimate of drug-likeness (QED) is 0.327. The van der Waals surface area contributed by atoms with Crippen LogP contribution in [0.3, 0.4) is 0 Å². The van der Waals surface area contributed by atoms with Crippen molar-refractivity contribution in [1.82, 2.24) is 25.4 Å². The lowest BCUT2D eigenvalue weighted by Crippen LogP contribution is -2.47. The van der Waals surface area contributed by atoms with E-state index in [1.807, 2.05) is 37.6 Å². The number of aryl methyl sites for hydroxylation is 1. The van der Waals surface area contributed by atoms with Gasteiger partial charge in [0.05, 0.1) is 13.1 Å². The summed E-state index contributed by atoms with van der Waals surface area (Å²) in [5, 5.41) is 11.3. The van der Waals surface area contributed by atoms with Gasteiger partial charge in [-0.3, -0.25) is 4.99 Å². The number of hydrogen-bond acceptors (Lipinski definition) is 4. The number of nitrogens with zero attached hydrogens (tertiary/aromatic N) is 4. The molecule has 1 unspecified atom stereocenters. The molecule has 30 heavy (non-hydrogen) atoms. The summed E-state index contributed by atoms with van der Waals surface area (Å²) in [7, 11) is 1.65. The van der Waals surface area contributed by atoms with Crippen molar-refractivity contribution in [3.8, 4) is 0 Å². The molecule has 1 aromatic carbocycles. The number of hydrogen-bond donors (Lipinski definition) is 2. The highest BCUT2D eigenvalue weighted by molar-refractivity contribution is 14.0. The van der Waals surface area contributed by atoms with Gasteiger partial charge in [0.2, 0.25) is 0 Å². The molecule has 0 fully saturated rings. The zero-order valence-electron chi connectivity index (χ0n) is 18.1. The molecule has 7 nitrogen and oxygen atoms in total. The minimum absolute atomic E-state index is 0. The standard InChI is InChI=1S/C21H31FN6O.HI/c1-5-23-20(24-14-21(2,3)16-8-6-7-9-17(16)22)25-15-10-11-19-26-18(13-29-4)27-28(19)12-15;/h6-9,15H,5,10-14H2,1-4H3,(H2,23,24,25);1H. The van der Waals surface area contributed by atoms with Gasteiger partial charge in [-0.2, -0.15) is 5.10 Å². The first kappa shape index (κ1) is 24.5. The summed E-state index contributed by atoms with van der Waals surface area (Å²) in [5.74, 6) is 2.26. The Morgan fingerprint density at radius 2 is 2.13 bits per heavy atom. The van der Waals surface area contributed by atoms with E-state index >= 15 is 0 Å². The molecule has 1 aromatic heterocycles. The van der Waals surface area contributed by atoms with Crippen LogP contribution in [-0.4, -0.2) is 47.0 Å². The smallest absolute Gasteiger partial charge is 0.191 e. The van der Waals surface area contributed by atoms with E-state index in [0.717, 1.165) is 43.5 Å². The molecule has 1 aliphatic heterocycles. The lowest BCUT2D eigenvalue weighted by atomic mass is 9.84. The highest BCUT2D eigenvalue weighted by atomic mass is 127. The molecule has 2 heterocycles. The van der Waals surface area contributed by atoms with E-state index in [4.69, 9.17) is 9.73 Å². The molecule has 0 saturated carbocycles. The van der Waals surface area contributed by atoms with E-state index in [0.29, 0.717) is 18.7 Å². The third-order valence-electron chi connectivity index (χ3n) is 5.10.